The van der Waals surface area contributed by atoms with Crippen LogP contribution < -0.4 is 11.1 Å². The van der Waals surface area contributed by atoms with Crippen LogP contribution in [0.25, 0.3) is 0 Å². The molecule has 3 nitrogen and oxygen atoms in total. The minimum absolute atomic E-state index is 0. The Hall–Kier alpha value is -0.710. The molecule has 17 heavy (non-hydrogen) atoms. The molecule has 2 heterocycles. The fourth-order valence-corrected chi connectivity index (χ4v) is 4.36. The van der Waals surface area contributed by atoms with E-state index in [1.807, 2.05) is 5.41 Å². The van der Waals surface area contributed by atoms with Gasteiger partial charge in [0.15, 0.2) is 0 Å². The van der Waals surface area contributed by atoms with Crippen LogP contribution in [0.1, 0.15) is 6.42 Å². The van der Waals surface area contributed by atoms with E-state index < -0.39 is 0 Å². The van der Waals surface area contributed by atoms with Crippen molar-refractivity contribution in [2.45, 2.75) is 17.2 Å². The van der Waals surface area contributed by atoms with Gasteiger partial charge in [0.25, 0.3) is 0 Å². The molecule has 1 amide bonds. The third-order valence-electron chi connectivity index (χ3n) is 3.65. The van der Waals surface area contributed by atoms with Gasteiger partial charge in [-0.05, 0) is 18.4 Å². The van der Waals surface area contributed by atoms with Crippen LogP contribution in [0.5, 0.6) is 0 Å². The van der Waals surface area contributed by atoms with Crippen LogP contribution in [-0.2, 0) is 4.79 Å². The van der Waals surface area contributed by atoms with Gasteiger partial charge in [-0.15, -0.1) is 24.2 Å². The van der Waals surface area contributed by atoms with E-state index in [0.29, 0.717) is 6.04 Å². The molecule has 3 unspecified atom stereocenters. The van der Waals surface area contributed by atoms with Gasteiger partial charge in [0, 0.05) is 17.5 Å². The van der Waals surface area contributed by atoms with Crippen molar-refractivity contribution in [2.24, 2.45) is 11.7 Å². The quantitative estimate of drug-likeness (QED) is 0.757. The van der Waals surface area contributed by atoms with Gasteiger partial charge in [0.05, 0.1) is 4.75 Å². The molecule has 3 N–H and O–H groups in total. The Balaban J connectivity index is 0.00000108. The molecule has 0 radical (unpaired) electrons. The molecule has 1 fully saturated rings. The molecule has 1 spiro atoms. The summed E-state index contributed by atoms with van der Waals surface area (Å²) in [5, 5.41) is 5.45. The molecule has 0 bridgehead atoms. The number of amides is 1. The lowest BCUT2D eigenvalue weighted by Gasteiger charge is -2.44. The minimum Gasteiger partial charge on any atom is -0.366 e. The summed E-state index contributed by atoms with van der Waals surface area (Å²) in [4.78, 5) is 11.4. The zero-order valence-corrected chi connectivity index (χ0v) is 10.9. The van der Waals surface area contributed by atoms with Gasteiger partial charge >= 0.3 is 0 Å². The normalized spacial score (nSPS) is 37.8. The van der Waals surface area contributed by atoms with Crippen molar-refractivity contribution in [3.63, 3.8) is 0 Å². The van der Waals surface area contributed by atoms with Gasteiger partial charge in [-0.25, -0.2) is 0 Å². The van der Waals surface area contributed by atoms with E-state index in [0.717, 1.165) is 18.5 Å². The van der Waals surface area contributed by atoms with Gasteiger partial charge < -0.3 is 11.1 Å². The van der Waals surface area contributed by atoms with Crippen molar-refractivity contribution >= 4 is 30.1 Å². The Labute approximate surface area is 111 Å². The summed E-state index contributed by atoms with van der Waals surface area (Å²) in [6.07, 6.45) is 9.51. The summed E-state index contributed by atoms with van der Waals surface area (Å²) in [7, 11) is 0. The number of halogens is 1. The van der Waals surface area contributed by atoms with Crippen molar-refractivity contribution in [2.75, 3.05) is 6.54 Å². The molecule has 3 rings (SSSR count). The highest BCUT2D eigenvalue weighted by Gasteiger charge is 2.51. The van der Waals surface area contributed by atoms with E-state index in [1.165, 1.54) is 0 Å². The first kappa shape index (κ1) is 12.7. The lowest BCUT2D eigenvalue weighted by molar-refractivity contribution is -0.115. The Morgan fingerprint density at radius 1 is 1.53 bits per heavy atom. The molecule has 5 heteroatoms. The zero-order valence-electron chi connectivity index (χ0n) is 9.26. The molecule has 0 aromatic heterocycles. The topological polar surface area (TPSA) is 55.1 Å². The number of nitrogens with one attached hydrogen (secondary N) is 1. The Kier molecular flexibility index (Phi) is 3.39. The smallest absolute Gasteiger partial charge is 0.245 e. The molecule has 92 valence electrons. The first-order valence-electron chi connectivity index (χ1n) is 5.51. The maximum absolute atomic E-state index is 11.4. The van der Waals surface area contributed by atoms with Gasteiger partial charge in [0.2, 0.25) is 5.91 Å². The molecule has 0 aromatic rings. The van der Waals surface area contributed by atoms with Crippen LogP contribution >= 0.6 is 24.2 Å². The Morgan fingerprint density at radius 2 is 2.35 bits per heavy atom. The lowest BCUT2D eigenvalue weighted by Crippen LogP contribution is -2.56. The predicted octanol–water partition coefficient (Wildman–Crippen LogP) is 1.37. The molecule has 0 saturated carbocycles. The SMILES string of the molecule is Cl.NC(=O)C1=CSC23C=CC=CC2NCCC13. The summed E-state index contributed by atoms with van der Waals surface area (Å²) >= 11 is 1.73. The second kappa shape index (κ2) is 4.52. The van der Waals surface area contributed by atoms with E-state index in [2.05, 4.69) is 29.6 Å². The highest BCUT2D eigenvalue weighted by atomic mass is 35.5. The van der Waals surface area contributed by atoms with Crippen LogP contribution in [-0.4, -0.2) is 23.2 Å². The second-order valence-electron chi connectivity index (χ2n) is 4.43. The summed E-state index contributed by atoms with van der Waals surface area (Å²) in [5.41, 5.74) is 6.24. The minimum atomic E-state index is -0.266. The number of nitrogens with two attached hydrogens (primary N) is 1. The fraction of sp³-hybridized carbons (Fsp3) is 0.417. The molecular formula is C12H15ClN2OS. The van der Waals surface area contributed by atoms with Gasteiger partial charge in [0.1, 0.15) is 0 Å². The average Bonchev–Trinajstić information content (AvgIpc) is 2.66. The van der Waals surface area contributed by atoms with E-state index >= 15 is 0 Å². The van der Waals surface area contributed by atoms with E-state index in [-0.39, 0.29) is 29.0 Å². The number of carbonyl (C=O) groups excluding carboxylic acids is 1. The number of allylic oxidation sites excluding steroid dienone is 2. The maximum Gasteiger partial charge on any atom is 0.245 e. The van der Waals surface area contributed by atoms with E-state index in [9.17, 15) is 4.79 Å². The van der Waals surface area contributed by atoms with Crippen molar-refractivity contribution in [3.05, 3.63) is 35.3 Å². The van der Waals surface area contributed by atoms with Crippen LogP contribution in [0.3, 0.4) is 0 Å². The first-order valence-corrected chi connectivity index (χ1v) is 6.39. The van der Waals surface area contributed by atoms with Crippen molar-refractivity contribution in [3.8, 4) is 0 Å². The molecule has 2 aliphatic heterocycles. The Bertz CT molecular complexity index is 432. The second-order valence-corrected chi connectivity index (χ2v) is 5.60. The number of thioether (sulfide) groups is 1. The lowest BCUT2D eigenvalue weighted by atomic mass is 9.74. The first-order chi connectivity index (χ1) is 7.74. The van der Waals surface area contributed by atoms with Crippen LogP contribution in [0.2, 0.25) is 0 Å². The Morgan fingerprint density at radius 3 is 3.12 bits per heavy atom. The van der Waals surface area contributed by atoms with Crippen LogP contribution in [0.4, 0.5) is 0 Å². The number of primary amides is 1. The number of piperidine rings is 1. The standard InChI is InChI=1S/C12H14N2OS.ClH/c13-11(15)8-7-16-12-5-2-1-3-10(12)14-6-4-9(8)12;/h1-3,5,7,9-10,14H,4,6H2,(H2,13,15);1H. The average molecular weight is 271 g/mol. The van der Waals surface area contributed by atoms with E-state index in [1.54, 1.807) is 11.8 Å². The number of hydrogen-bond acceptors (Lipinski definition) is 3. The highest BCUT2D eigenvalue weighted by molar-refractivity contribution is 8.04. The van der Waals surface area contributed by atoms with Crippen molar-refractivity contribution in [1.29, 1.82) is 0 Å². The molecule has 1 saturated heterocycles. The number of hydrogen-bond donors (Lipinski definition) is 2. The fourth-order valence-electron chi connectivity index (χ4n) is 2.88. The summed E-state index contributed by atoms with van der Waals surface area (Å²) in [6.45, 7) is 0.945. The summed E-state index contributed by atoms with van der Waals surface area (Å²) < 4.78 is -0.0165. The summed E-state index contributed by atoms with van der Waals surface area (Å²) in [6, 6.07) is 0.314. The molecule has 1 aliphatic carbocycles. The monoisotopic (exact) mass is 270 g/mol. The number of rotatable bonds is 1. The van der Waals surface area contributed by atoms with Gasteiger partial charge in [-0.1, -0.05) is 24.3 Å². The molecule has 3 atom stereocenters. The largest absolute Gasteiger partial charge is 0.366 e. The van der Waals surface area contributed by atoms with E-state index in [4.69, 9.17) is 5.73 Å². The maximum atomic E-state index is 11.4. The summed E-state index contributed by atoms with van der Waals surface area (Å²) in [5.74, 6) is 0.000396. The van der Waals surface area contributed by atoms with Crippen LogP contribution in [0.15, 0.2) is 35.3 Å². The molecular weight excluding hydrogens is 256 g/mol. The third kappa shape index (κ3) is 1.75. The predicted molar refractivity (Wildman–Crippen MR) is 73.0 cm³/mol. The zero-order chi connectivity index (χ0) is 11.2. The van der Waals surface area contributed by atoms with Gasteiger partial charge in [-0.3, -0.25) is 4.79 Å². The highest BCUT2D eigenvalue weighted by Crippen LogP contribution is 2.52. The van der Waals surface area contributed by atoms with Crippen molar-refractivity contribution < 1.29 is 4.79 Å². The van der Waals surface area contributed by atoms with Crippen LogP contribution in [0, 0.1) is 5.92 Å². The molecule has 3 aliphatic rings. The van der Waals surface area contributed by atoms with Gasteiger partial charge in [-0.2, -0.15) is 0 Å². The van der Waals surface area contributed by atoms with Crippen molar-refractivity contribution in [1.82, 2.24) is 5.32 Å². The third-order valence-corrected chi connectivity index (χ3v) is 5.10. The number of carbonyl (C=O) groups is 1. The molecule has 0 aromatic carbocycles.